The number of nitrogens with zero attached hydrogens (tertiary/aromatic N) is 2. The Morgan fingerprint density at radius 3 is 2.53 bits per heavy atom. The highest BCUT2D eigenvalue weighted by Crippen LogP contribution is 2.17. The van der Waals surface area contributed by atoms with Gasteiger partial charge in [0.25, 0.3) is 0 Å². The van der Waals surface area contributed by atoms with Gasteiger partial charge in [-0.05, 0) is 43.2 Å². The quantitative estimate of drug-likeness (QED) is 0.876. The summed E-state index contributed by atoms with van der Waals surface area (Å²) >= 11 is 0. The summed E-state index contributed by atoms with van der Waals surface area (Å²) in [4.78, 5) is 8.16. The lowest BCUT2D eigenvalue weighted by Crippen LogP contribution is -2.03. The molecule has 0 atom stereocenters. The lowest BCUT2D eigenvalue weighted by molar-refractivity contribution is 0.295. The summed E-state index contributed by atoms with van der Waals surface area (Å²) in [5, 5.41) is 0. The molecule has 1 heterocycles. The van der Waals surface area contributed by atoms with E-state index < -0.39 is 0 Å². The molecule has 4 nitrogen and oxygen atoms in total. The van der Waals surface area contributed by atoms with Crippen molar-refractivity contribution in [3.8, 4) is 5.75 Å². The van der Waals surface area contributed by atoms with Gasteiger partial charge in [0.05, 0.1) is 0 Å². The molecule has 2 N–H and O–H groups in total. The zero-order valence-corrected chi connectivity index (χ0v) is 9.97. The molecule has 0 spiro atoms. The van der Waals surface area contributed by atoms with E-state index in [0.29, 0.717) is 18.2 Å². The van der Waals surface area contributed by atoms with Gasteiger partial charge in [-0.25, -0.2) is 9.97 Å². The number of benzene rings is 1. The van der Waals surface area contributed by atoms with Gasteiger partial charge in [-0.3, -0.25) is 0 Å². The Bertz CT molecular complexity index is 506. The summed E-state index contributed by atoms with van der Waals surface area (Å²) in [5.41, 5.74) is 7.92. The molecular weight excluding hydrogens is 214 g/mol. The minimum absolute atomic E-state index is 0.327. The third-order valence-corrected chi connectivity index (χ3v) is 2.29. The number of aromatic nitrogens is 2. The number of nitrogen functional groups attached to an aromatic ring is 1. The van der Waals surface area contributed by atoms with Crippen LogP contribution in [0.2, 0.25) is 0 Å². The summed E-state index contributed by atoms with van der Waals surface area (Å²) in [6.07, 6.45) is 1.63. The van der Waals surface area contributed by atoms with Crippen LogP contribution >= 0.6 is 0 Å². The molecule has 0 saturated carbocycles. The van der Waals surface area contributed by atoms with Gasteiger partial charge in [0, 0.05) is 6.20 Å². The van der Waals surface area contributed by atoms with Crippen LogP contribution in [0.1, 0.15) is 17.0 Å². The van der Waals surface area contributed by atoms with Crippen LogP contribution in [-0.4, -0.2) is 9.97 Å². The number of aryl methyl sites for hydroxylation is 2. The van der Waals surface area contributed by atoms with Crippen molar-refractivity contribution in [3.63, 3.8) is 0 Å². The minimum atomic E-state index is 0.327. The number of rotatable bonds is 3. The number of hydrogen-bond acceptors (Lipinski definition) is 4. The van der Waals surface area contributed by atoms with E-state index in [1.165, 1.54) is 11.1 Å². The standard InChI is InChI=1S/C13H15N3O/c1-9-5-10(2)7-11(6-9)17-8-13-15-4-3-12(14)16-13/h3-7H,8H2,1-2H3,(H2,14,15,16). The maximum absolute atomic E-state index is 5.63. The Labute approximate surface area is 100 Å². The molecule has 88 valence electrons. The fourth-order valence-corrected chi connectivity index (χ4v) is 1.65. The first-order chi connectivity index (χ1) is 8.13. The Morgan fingerprint density at radius 2 is 1.88 bits per heavy atom. The van der Waals surface area contributed by atoms with Crippen molar-refractivity contribution in [2.45, 2.75) is 20.5 Å². The first-order valence-electron chi connectivity index (χ1n) is 5.42. The number of ether oxygens (including phenoxy) is 1. The molecule has 0 saturated heterocycles. The van der Waals surface area contributed by atoms with Gasteiger partial charge < -0.3 is 10.5 Å². The summed E-state index contributed by atoms with van der Waals surface area (Å²) in [6.45, 7) is 4.40. The molecular formula is C13H15N3O. The third-order valence-electron chi connectivity index (χ3n) is 2.29. The first-order valence-corrected chi connectivity index (χ1v) is 5.42. The van der Waals surface area contributed by atoms with E-state index in [-0.39, 0.29) is 0 Å². The van der Waals surface area contributed by atoms with Gasteiger partial charge in [0.1, 0.15) is 18.2 Å². The SMILES string of the molecule is Cc1cc(C)cc(OCc2nccc(N)n2)c1. The molecule has 0 aliphatic rings. The van der Waals surface area contributed by atoms with Crippen molar-refractivity contribution < 1.29 is 4.74 Å². The fraction of sp³-hybridized carbons (Fsp3) is 0.231. The first kappa shape index (κ1) is 11.4. The normalized spacial score (nSPS) is 10.2. The Hall–Kier alpha value is -2.10. The summed E-state index contributed by atoms with van der Waals surface area (Å²) in [7, 11) is 0. The molecule has 0 aliphatic carbocycles. The monoisotopic (exact) mass is 229 g/mol. The Morgan fingerprint density at radius 1 is 1.18 bits per heavy atom. The molecule has 2 aromatic rings. The topological polar surface area (TPSA) is 61.0 Å². The molecule has 0 aliphatic heterocycles. The van der Waals surface area contributed by atoms with Gasteiger partial charge in [0.15, 0.2) is 5.82 Å². The molecule has 0 bridgehead atoms. The smallest absolute Gasteiger partial charge is 0.168 e. The van der Waals surface area contributed by atoms with E-state index in [9.17, 15) is 0 Å². The van der Waals surface area contributed by atoms with Crippen LogP contribution < -0.4 is 10.5 Å². The lowest BCUT2D eigenvalue weighted by Gasteiger charge is -2.07. The predicted molar refractivity (Wildman–Crippen MR) is 66.7 cm³/mol. The summed E-state index contributed by atoms with van der Waals surface area (Å²) in [5.74, 6) is 1.87. The number of hydrogen-bond donors (Lipinski definition) is 1. The van der Waals surface area contributed by atoms with E-state index >= 15 is 0 Å². The van der Waals surface area contributed by atoms with E-state index in [1.807, 2.05) is 26.0 Å². The third kappa shape index (κ3) is 3.17. The fourth-order valence-electron chi connectivity index (χ4n) is 1.65. The van der Waals surface area contributed by atoms with Gasteiger partial charge in [-0.1, -0.05) is 6.07 Å². The zero-order valence-electron chi connectivity index (χ0n) is 9.97. The van der Waals surface area contributed by atoms with Gasteiger partial charge in [-0.15, -0.1) is 0 Å². The molecule has 0 radical (unpaired) electrons. The van der Waals surface area contributed by atoms with Crippen LogP contribution in [-0.2, 0) is 6.61 Å². The molecule has 2 rings (SSSR count). The van der Waals surface area contributed by atoms with Crippen molar-refractivity contribution in [2.75, 3.05) is 5.73 Å². The van der Waals surface area contributed by atoms with Crippen molar-refractivity contribution in [3.05, 3.63) is 47.4 Å². The molecule has 1 aromatic carbocycles. The summed E-state index contributed by atoms with van der Waals surface area (Å²) < 4.78 is 5.63. The van der Waals surface area contributed by atoms with E-state index in [0.717, 1.165) is 5.75 Å². The zero-order chi connectivity index (χ0) is 12.3. The molecule has 4 heteroatoms. The maximum atomic E-state index is 5.63. The van der Waals surface area contributed by atoms with Gasteiger partial charge >= 0.3 is 0 Å². The average Bonchev–Trinajstić information content (AvgIpc) is 2.25. The lowest BCUT2D eigenvalue weighted by atomic mass is 10.1. The van der Waals surface area contributed by atoms with Gasteiger partial charge in [-0.2, -0.15) is 0 Å². The highest BCUT2D eigenvalue weighted by molar-refractivity contribution is 5.33. The van der Waals surface area contributed by atoms with Crippen molar-refractivity contribution >= 4 is 5.82 Å². The Kier molecular flexibility index (Phi) is 3.23. The average molecular weight is 229 g/mol. The van der Waals surface area contributed by atoms with Crippen molar-refractivity contribution in [1.29, 1.82) is 0 Å². The van der Waals surface area contributed by atoms with Crippen LogP contribution in [0, 0.1) is 13.8 Å². The number of anilines is 1. The minimum Gasteiger partial charge on any atom is -0.486 e. The van der Waals surface area contributed by atoms with E-state index in [2.05, 4.69) is 16.0 Å². The molecule has 17 heavy (non-hydrogen) atoms. The molecule has 0 amide bonds. The van der Waals surface area contributed by atoms with Gasteiger partial charge in [0.2, 0.25) is 0 Å². The molecule has 0 unspecified atom stereocenters. The van der Waals surface area contributed by atoms with Crippen LogP contribution in [0.4, 0.5) is 5.82 Å². The van der Waals surface area contributed by atoms with Crippen LogP contribution in [0.25, 0.3) is 0 Å². The second kappa shape index (κ2) is 4.82. The van der Waals surface area contributed by atoms with Crippen LogP contribution in [0.5, 0.6) is 5.75 Å². The highest BCUT2D eigenvalue weighted by atomic mass is 16.5. The molecule has 1 aromatic heterocycles. The largest absolute Gasteiger partial charge is 0.486 e. The van der Waals surface area contributed by atoms with E-state index in [1.54, 1.807) is 12.3 Å². The summed E-state index contributed by atoms with van der Waals surface area (Å²) in [6, 6.07) is 7.72. The predicted octanol–water partition coefficient (Wildman–Crippen LogP) is 2.25. The maximum Gasteiger partial charge on any atom is 0.168 e. The molecule has 0 fully saturated rings. The van der Waals surface area contributed by atoms with Crippen molar-refractivity contribution in [2.24, 2.45) is 0 Å². The second-order valence-electron chi connectivity index (χ2n) is 4.01. The van der Waals surface area contributed by atoms with Crippen LogP contribution in [0.15, 0.2) is 30.5 Å². The van der Waals surface area contributed by atoms with E-state index in [4.69, 9.17) is 10.5 Å². The van der Waals surface area contributed by atoms with Crippen molar-refractivity contribution in [1.82, 2.24) is 9.97 Å². The Balaban J connectivity index is 2.07. The van der Waals surface area contributed by atoms with Crippen LogP contribution in [0.3, 0.4) is 0 Å². The second-order valence-corrected chi connectivity index (χ2v) is 4.01. The highest BCUT2D eigenvalue weighted by Gasteiger charge is 2.00. The number of nitrogens with two attached hydrogens (primary N) is 1.